The first-order valence-corrected chi connectivity index (χ1v) is 8.23. The predicted octanol–water partition coefficient (Wildman–Crippen LogP) is 3.96. The molecule has 22 heavy (non-hydrogen) atoms. The van der Waals surface area contributed by atoms with E-state index in [9.17, 15) is 0 Å². The second-order valence-electron chi connectivity index (χ2n) is 6.43. The van der Waals surface area contributed by atoms with Crippen molar-refractivity contribution in [3.8, 4) is 0 Å². The van der Waals surface area contributed by atoms with Gasteiger partial charge in [-0.05, 0) is 62.9 Å². The smallest absolute Gasteiger partial charge is 0.118 e. The Bertz CT molecular complexity index is 605. The molecular weight excluding hydrogens is 272 g/mol. The minimum atomic E-state index is 0.590. The highest BCUT2D eigenvalue weighted by atomic mass is 16.3. The Kier molecular flexibility index (Phi) is 4.53. The standard InChI is InChI=1S/C19H26N2O/c1-14-5-4-6-18(11-14)21-9-7-17(8-10-21)20-13-19-12-15(2)16(3)22-19/h4-6,11-12,17,20H,7-10,13H2,1-3H3. The second kappa shape index (κ2) is 6.57. The maximum atomic E-state index is 5.74. The molecule has 1 aromatic carbocycles. The van der Waals surface area contributed by atoms with Crippen LogP contribution >= 0.6 is 0 Å². The van der Waals surface area contributed by atoms with Crippen molar-refractivity contribution in [3.05, 3.63) is 53.0 Å². The van der Waals surface area contributed by atoms with E-state index in [1.165, 1.54) is 29.7 Å². The summed E-state index contributed by atoms with van der Waals surface area (Å²) in [6.07, 6.45) is 2.37. The van der Waals surface area contributed by atoms with Gasteiger partial charge < -0.3 is 14.6 Å². The summed E-state index contributed by atoms with van der Waals surface area (Å²) < 4.78 is 5.74. The van der Waals surface area contributed by atoms with E-state index in [4.69, 9.17) is 4.42 Å². The Labute approximate surface area is 133 Å². The molecule has 0 spiro atoms. The number of aryl methyl sites for hydroxylation is 3. The summed E-state index contributed by atoms with van der Waals surface area (Å²) in [6.45, 7) is 9.37. The molecule has 0 unspecified atom stereocenters. The van der Waals surface area contributed by atoms with Crippen LogP contribution in [0, 0.1) is 20.8 Å². The van der Waals surface area contributed by atoms with Gasteiger partial charge in [0.05, 0.1) is 6.54 Å². The molecule has 1 aromatic heterocycles. The Morgan fingerprint density at radius 1 is 1.14 bits per heavy atom. The molecule has 1 N–H and O–H groups in total. The van der Waals surface area contributed by atoms with Gasteiger partial charge in [0.25, 0.3) is 0 Å². The van der Waals surface area contributed by atoms with Crippen LogP contribution in [0.5, 0.6) is 0 Å². The molecule has 3 nitrogen and oxygen atoms in total. The zero-order valence-electron chi connectivity index (χ0n) is 13.9. The van der Waals surface area contributed by atoms with Gasteiger partial charge in [0.15, 0.2) is 0 Å². The molecule has 2 heterocycles. The lowest BCUT2D eigenvalue weighted by Gasteiger charge is -2.34. The largest absolute Gasteiger partial charge is 0.465 e. The van der Waals surface area contributed by atoms with Crippen LogP contribution in [0.3, 0.4) is 0 Å². The van der Waals surface area contributed by atoms with Gasteiger partial charge in [-0.1, -0.05) is 12.1 Å². The maximum absolute atomic E-state index is 5.74. The van der Waals surface area contributed by atoms with E-state index < -0.39 is 0 Å². The summed E-state index contributed by atoms with van der Waals surface area (Å²) in [4.78, 5) is 2.49. The number of hydrogen-bond donors (Lipinski definition) is 1. The molecule has 1 aliphatic heterocycles. The van der Waals surface area contributed by atoms with E-state index in [0.717, 1.165) is 31.2 Å². The third kappa shape index (κ3) is 3.53. The molecule has 1 saturated heterocycles. The fourth-order valence-corrected chi connectivity index (χ4v) is 3.15. The van der Waals surface area contributed by atoms with E-state index in [0.29, 0.717) is 6.04 Å². The van der Waals surface area contributed by atoms with Crippen molar-refractivity contribution >= 4 is 5.69 Å². The van der Waals surface area contributed by atoms with Gasteiger partial charge in [0.1, 0.15) is 11.5 Å². The highest BCUT2D eigenvalue weighted by Crippen LogP contribution is 2.21. The lowest BCUT2D eigenvalue weighted by molar-refractivity contribution is 0.384. The first kappa shape index (κ1) is 15.2. The minimum absolute atomic E-state index is 0.590. The van der Waals surface area contributed by atoms with E-state index in [1.54, 1.807) is 0 Å². The lowest BCUT2D eigenvalue weighted by atomic mass is 10.0. The quantitative estimate of drug-likeness (QED) is 0.926. The first-order chi connectivity index (χ1) is 10.6. The SMILES string of the molecule is Cc1cccc(N2CCC(NCc3cc(C)c(C)o3)CC2)c1. The third-order valence-corrected chi connectivity index (χ3v) is 4.64. The van der Waals surface area contributed by atoms with Gasteiger partial charge in [0.2, 0.25) is 0 Å². The fraction of sp³-hybridized carbons (Fsp3) is 0.474. The van der Waals surface area contributed by atoms with Gasteiger partial charge in [-0.3, -0.25) is 0 Å². The molecule has 0 saturated carbocycles. The van der Waals surface area contributed by atoms with Crippen LogP contribution < -0.4 is 10.2 Å². The number of rotatable bonds is 4. The van der Waals surface area contributed by atoms with E-state index in [-0.39, 0.29) is 0 Å². The molecule has 0 atom stereocenters. The average Bonchev–Trinajstić information content (AvgIpc) is 2.84. The molecule has 1 aliphatic rings. The summed E-state index contributed by atoms with van der Waals surface area (Å²) in [5.41, 5.74) is 3.93. The van der Waals surface area contributed by atoms with Crippen molar-refractivity contribution in [2.24, 2.45) is 0 Å². The summed E-state index contributed by atoms with van der Waals surface area (Å²) in [5, 5.41) is 3.64. The Morgan fingerprint density at radius 2 is 1.91 bits per heavy atom. The average molecular weight is 298 g/mol. The summed E-state index contributed by atoms with van der Waals surface area (Å²) in [7, 11) is 0. The second-order valence-corrected chi connectivity index (χ2v) is 6.43. The van der Waals surface area contributed by atoms with Crippen molar-refractivity contribution in [2.45, 2.75) is 46.2 Å². The molecule has 3 heteroatoms. The van der Waals surface area contributed by atoms with Crippen molar-refractivity contribution in [2.75, 3.05) is 18.0 Å². The fourth-order valence-electron chi connectivity index (χ4n) is 3.15. The normalized spacial score (nSPS) is 16.2. The number of nitrogens with zero attached hydrogens (tertiary/aromatic N) is 1. The highest BCUT2D eigenvalue weighted by molar-refractivity contribution is 5.48. The molecular formula is C19H26N2O. The topological polar surface area (TPSA) is 28.4 Å². The molecule has 118 valence electrons. The van der Waals surface area contributed by atoms with E-state index >= 15 is 0 Å². The van der Waals surface area contributed by atoms with Gasteiger partial charge >= 0.3 is 0 Å². The Morgan fingerprint density at radius 3 is 2.55 bits per heavy atom. The van der Waals surface area contributed by atoms with Crippen LogP contribution in [-0.2, 0) is 6.54 Å². The van der Waals surface area contributed by atoms with Crippen LogP contribution in [0.4, 0.5) is 5.69 Å². The van der Waals surface area contributed by atoms with Crippen molar-refractivity contribution < 1.29 is 4.42 Å². The summed E-state index contributed by atoms with van der Waals surface area (Å²) in [5.74, 6) is 2.09. The van der Waals surface area contributed by atoms with Crippen molar-refractivity contribution in [3.63, 3.8) is 0 Å². The van der Waals surface area contributed by atoms with Gasteiger partial charge in [-0.25, -0.2) is 0 Å². The lowest BCUT2D eigenvalue weighted by Crippen LogP contribution is -2.42. The van der Waals surface area contributed by atoms with E-state index in [2.05, 4.69) is 54.4 Å². The minimum Gasteiger partial charge on any atom is -0.465 e. The zero-order valence-corrected chi connectivity index (χ0v) is 13.9. The summed E-state index contributed by atoms with van der Waals surface area (Å²) in [6, 6.07) is 11.5. The van der Waals surface area contributed by atoms with Crippen LogP contribution in [0.15, 0.2) is 34.7 Å². The molecule has 0 radical (unpaired) electrons. The Balaban J connectivity index is 1.49. The van der Waals surface area contributed by atoms with Crippen molar-refractivity contribution in [1.82, 2.24) is 5.32 Å². The molecule has 0 aliphatic carbocycles. The highest BCUT2D eigenvalue weighted by Gasteiger charge is 2.19. The number of anilines is 1. The van der Waals surface area contributed by atoms with Crippen LogP contribution in [0.1, 0.15) is 35.5 Å². The summed E-state index contributed by atoms with van der Waals surface area (Å²) >= 11 is 0. The molecule has 2 aromatic rings. The molecule has 0 amide bonds. The predicted molar refractivity (Wildman–Crippen MR) is 91.4 cm³/mol. The number of piperidine rings is 1. The first-order valence-electron chi connectivity index (χ1n) is 8.23. The van der Waals surface area contributed by atoms with Gasteiger partial charge in [0, 0.05) is 24.8 Å². The van der Waals surface area contributed by atoms with Crippen LogP contribution in [0.2, 0.25) is 0 Å². The number of benzene rings is 1. The number of furan rings is 1. The zero-order chi connectivity index (χ0) is 15.5. The number of hydrogen-bond acceptors (Lipinski definition) is 3. The monoisotopic (exact) mass is 298 g/mol. The molecule has 1 fully saturated rings. The van der Waals surface area contributed by atoms with Crippen LogP contribution in [0.25, 0.3) is 0 Å². The molecule has 3 rings (SSSR count). The van der Waals surface area contributed by atoms with Crippen LogP contribution in [-0.4, -0.2) is 19.1 Å². The van der Waals surface area contributed by atoms with Gasteiger partial charge in [-0.2, -0.15) is 0 Å². The third-order valence-electron chi connectivity index (χ3n) is 4.64. The number of nitrogens with one attached hydrogen (secondary N) is 1. The van der Waals surface area contributed by atoms with Crippen molar-refractivity contribution in [1.29, 1.82) is 0 Å². The van der Waals surface area contributed by atoms with E-state index in [1.807, 2.05) is 6.92 Å². The van der Waals surface area contributed by atoms with Gasteiger partial charge in [-0.15, -0.1) is 0 Å². The Hall–Kier alpha value is -1.74. The molecule has 0 bridgehead atoms. The maximum Gasteiger partial charge on any atom is 0.118 e.